The fourth-order valence-electron chi connectivity index (χ4n) is 1.97. The minimum Gasteiger partial charge on any atom is -0.379 e. The summed E-state index contributed by atoms with van der Waals surface area (Å²) in [5, 5.41) is 5.69. The number of pyridine rings is 1. The zero-order valence-electron chi connectivity index (χ0n) is 13.3. The van der Waals surface area contributed by atoms with Crippen LogP contribution < -0.4 is 10.6 Å². The molecule has 1 aliphatic rings. The first-order chi connectivity index (χ1) is 12.0. The van der Waals surface area contributed by atoms with Crippen LogP contribution in [-0.4, -0.2) is 37.2 Å². The van der Waals surface area contributed by atoms with Crippen molar-refractivity contribution in [1.29, 1.82) is 0 Å². The van der Waals surface area contributed by atoms with Crippen molar-refractivity contribution >= 4 is 11.6 Å². The molecule has 1 fully saturated rings. The SMILES string of the molecule is C1COCCN1.O=C(Nc1cccnc1)c1ccc(C(F)(F)F)cc1.[HH].[HH]. The standard InChI is InChI=1S/C13H9F3N2O.C4H9NO.2H2/c14-13(15,16)10-5-3-9(4-6-10)12(19)18-11-2-1-7-17-8-11;1-3-6-4-2-5-1;;/h1-8H,(H,18,19);5H,1-4H2;2*1H. The van der Waals surface area contributed by atoms with Gasteiger partial charge in [-0.3, -0.25) is 9.78 Å². The summed E-state index contributed by atoms with van der Waals surface area (Å²) in [5.41, 5.74) is -0.158. The zero-order valence-corrected chi connectivity index (χ0v) is 13.3. The highest BCUT2D eigenvalue weighted by Crippen LogP contribution is 2.29. The van der Waals surface area contributed by atoms with Crippen molar-refractivity contribution < 1.29 is 25.6 Å². The number of nitrogens with one attached hydrogen (secondary N) is 2. The van der Waals surface area contributed by atoms with E-state index in [2.05, 4.69) is 15.6 Å². The summed E-state index contributed by atoms with van der Waals surface area (Å²) < 4.78 is 42.1. The van der Waals surface area contributed by atoms with E-state index >= 15 is 0 Å². The molecule has 0 bridgehead atoms. The van der Waals surface area contributed by atoms with Gasteiger partial charge in [0.25, 0.3) is 5.91 Å². The Morgan fingerprint density at radius 2 is 1.84 bits per heavy atom. The van der Waals surface area contributed by atoms with Crippen LogP contribution >= 0.6 is 0 Å². The van der Waals surface area contributed by atoms with E-state index in [0.29, 0.717) is 5.69 Å². The van der Waals surface area contributed by atoms with Crippen molar-refractivity contribution in [2.24, 2.45) is 0 Å². The second-order valence-electron chi connectivity index (χ2n) is 5.13. The molecule has 2 heterocycles. The summed E-state index contributed by atoms with van der Waals surface area (Å²) in [6, 6.07) is 7.29. The number of carbonyl (C=O) groups excluding carboxylic acids is 1. The van der Waals surface area contributed by atoms with Crippen molar-refractivity contribution in [3.05, 3.63) is 59.9 Å². The lowest BCUT2D eigenvalue weighted by atomic mass is 10.1. The fourth-order valence-corrected chi connectivity index (χ4v) is 1.97. The molecule has 1 aromatic heterocycles. The first-order valence-corrected chi connectivity index (χ1v) is 7.64. The zero-order chi connectivity index (χ0) is 18.1. The number of ether oxygens (including phenoxy) is 1. The van der Waals surface area contributed by atoms with Crippen LogP contribution in [0.3, 0.4) is 0 Å². The number of amides is 1. The molecule has 2 N–H and O–H groups in total. The monoisotopic (exact) mass is 357 g/mol. The Morgan fingerprint density at radius 3 is 2.28 bits per heavy atom. The molecular weight excluding hydrogens is 335 g/mol. The van der Waals surface area contributed by atoms with Gasteiger partial charge in [-0.2, -0.15) is 13.2 Å². The van der Waals surface area contributed by atoms with E-state index in [-0.39, 0.29) is 8.42 Å². The van der Waals surface area contributed by atoms with Gasteiger partial charge in [0.05, 0.1) is 30.7 Å². The average Bonchev–Trinajstić information content (AvgIpc) is 2.64. The van der Waals surface area contributed by atoms with Gasteiger partial charge in [0.2, 0.25) is 0 Å². The molecule has 8 heteroatoms. The van der Waals surface area contributed by atoms with Crippen LogP contribution in [0.2, 0.25) is 0 Å². The number of hydrogen-bond acceptors (Lipinski definition) is 4. The number of rotatable bonds is 2. The van der Waals surface area contributed by atoms with Gasteiger partial charge in [-0.1, -0.05) is 0 Å². The maximum Gasteiger partial charge on any atom is 0.416 e. The lowest BCUT2D eigenvalue weighted by Gasteiger charge is -2.10. The molecule has 25 heavy (non-hydrogen) atoms. The molecule has 2 aromatic rings. The van der Waals surface area contributed by atoms with E-state index in [1.807, 2.05) is 0 Å². The van der Waals surface area contributed by atoms with E-state index in [0.717, 1.165) is 50.6 Å². The summed E-state index contributed by atoms with van der Waals surface area (Å²) in [5.74, 6) is -0.485. The average molecular weight is 357 g/mol. The molecule has 5 nitrogen and oxygen atoms in total. The topological polar surface area (TPSA) is 63.2 Å². The largest absolute Gasteiger partial charge is 0.416 e. The lowest BCUT2D eigenvalue weighted by molar-refractivity contribution is -0.137. The van der Waals surface area contributed by atoms with E-state index in [4.69, 9.17) is 4.74 Å². The molecule has 1 amide bonds. The van der Waals surface area contributed by atoms with Gasteiger partial charge in [0, 0.05) is 27.7 Å². The van der Waals surface area contributed by atoms with E-state index < -0.39 is 17.6 Å². The molecule has 0 unspecified atom stereocenters. The molecule has 0 spiro atoms. The molecule has 0 radical (unpaired) electrons. The molecule has 138 valence electrons. The quantitative estimate of drug-likeness (QED) is 0.864. The van der Waals surface area contributed by atoms with Gasteiger partial charge < -0.3 is 15.4 Å². The van der Waals surface area contributed by atoms with Crippen molar-refractivity contribution in [2.75, 3.05) is 31.6 Å². The second-order valence-corrected chi connectivity index (χ2v) is 5.13. The summed E-state index contributed by atoms with van der Waals surface area (Å²) in [6.45, 7) is 3.83. The van der Waals surface area contributed by atoms with Crippen LogP contribution in [0.15, 0.2) is 48.8 Å². The molecule has 0 saturated carbocycles. The minimum atomic E-state index is -4.40. The number of nitrogens with zero attached hydrogens (tertiary/aromatic N) is 1. The molecule has 3 rings (SSSR count). The number of morpholine rings is 1. The molecule has 1 aromatic carbocycles. The van der Waals surface area contributed by atoms with Crippen LogP contribution in [0.25, 0.3) is 0 Å². The maximum absolute atomic E-state index is 12.4. The first kappa shape index (κ1) is 18.9. The van der Waals surface area contributed by atoms with Crippen LogP contribution in [-0.2, 0) is 10.9 Å². The highest BCUT2D eigenvalue weighted by molar-refractivity contribution is 6.04. The Morgan fingerprint density at radius 1 is 1.16 bits per heavy atom. The molecule has 1 aliphatic heterocycles. The van der Waals surface area contributed by atoms with Crippen LogP contribution in [0.5, 0.6) is 0 Å². The van der Waals surface area contributed by atoms with E-state index in [1.165, 1.54) is 6.20 Å². The van der Waals surface area contributed by atoms with Crippen molar-refractivity contribution in [2.45, 2.75) is 6.18 Å². The Hall–Kier alpha value is -2.45. The lowest BCUT2D eigenvalue weighted by Crippen LogP contribution is -2.30. The summed E-state index contributed by atoms with van der Waals surface area (Å²) in [6.07, 6.45) is -1.41. The Labute approximate surface area is 146 Å². The Kier molecular flexibility index (Phi) is 6.91. The predicted octanol–water partition coefficient (Wildman–Crippen LogP) is 3.45. The number of aromatic nitrogens is 1. The van der Waals surface area contributed by atoms with Crippen molar-refractivity contribution in [3.8, 4) is 0 Å². The van der Waals surface area contributed by atoms with Crippen molar-refractivity contribution in [3.63, 3.8) is 0 Å². The number of carbonyl (C=O) groups is 1. The predicted molar refractivity (Wildman–Crippen MR) is 91.6 cm³/mol. The third-order valence-corrected chi connectivity index (χ3v) is 3.24. The van der Waals surface area contributed by atoms with Gasteiger partial charge in [0.15, 0.2) is 0 Å². The highest BCUT2D eigenvalue weighted by Gasteiger charge is 2.30. The third kappa shape index (κ3) is 6.52. The summed E-state index contributed by atoms with van der Waals surface area (Å²) >= 11 is 0. The van der Waals surface area contributed by atoms with E-state index in [9.17, 15) is 18.0 Å². The minimum absolute atomic E-state index is 0. The first-order valence-electron chi connectivity index (χ1n) is 7.64. The van der Waals surface area contributed by atoms with Crippen LogP contribution in [0, 0.1) is 0 Å². The van der Waals surface area contributed by atoms with Gasteiger partial charge in [-0.05, 0) is 36.4 Å². The number of alkyl halides is 3. The maximum atomic E-state index is 12.4. The van der Waals surface area contributed by atoms with Gasteiger partial charge in [0.1, 0.15) is 0 Å². The normalized spacial score (nSPS) is 14.2. The number of halogens is 3. The Balaban J connectivity index is 0.000000724. The number of hydrogen-bond donors (Lipinski definition) is 2. The molecule has 0 aliphatic carbocycles. The summed E-state index contributed by atoms with van der Waals surface area (Å²) in [4.78, 5) is 15.6. The summed E-state index contributed by atoms with van der Waals surface area (Å²) in [7, 11) is 0. The van der Waals surface area contributed by atoms with Gasteiger partial charge in [-0.25, -0.2) is 0 Å². The van der Waals surface area contributed by atoms with Crippen LogP contribution in [0.4, 0.5) is 18.9 Å². The smallest absolute Gasteiger partial charge is 0.379 e. The van der Waals surface area contributed by atoms with Gasteiger partial charge in [-0.15, -0.1) is 0 Å². The third-order valence-electron chi connectivity index (χ3n) is 3.24. The molecule has 1 saturated heterocycles. The fraction of sp³-hybridized carbons (Fsp3) is 0.294. The molecular formula is C17H22F3N3O2. The van der Waals surface area contributed by atoms with Gasteiger partial charge >= 0.3 is 6.18 Å². The van der Waals surface area contributed by atoms with Crippen molar-refractivity contribution in [1.82, 2.24) is 10.3 Å². The number of benzene rings is 1. The number of anilines is 1. The second kappa shape index (κ2) is 9.14. The molecule has 0 atom stereocenters. The highest BCUT2D eigenvalue weighted by atomic mass is 19.4. The Bertz CT molecular complexity index is 656. The van der Waals surface area contributed by atoms with Crippen LogP contribution in [0.1, 0.15) is 18.8 Å². The van der Waals surface area contributed by atoms with E-state index in [1.54, 1.807) is 18.3 Å².